The summed E-state index contributed by atoms with van der Waals surface area (Å²) < 4.78 is 40.8. The molecule has 12 nitrogen and oxygen atoms in total. The van der Waals surface area contributed by atoms with Crippen LogP contribution >= 0.6 is 7.82 Å². The molecule has 2 saturated carbocycles. The summed E-state index contributed by atoms with van der Waals surface area (Å²) in [5.41, 5.74) is -0.951. The Bertz CT molecular complexity index is 1770. The van der Waals surface area contributed by atoms with Crippen molar-refractivity contribution < 1.29 is 47.4 Å². The molecule has 1 saturated heterocycles. The fourth-order valence-electron chi connectivity index (χ4n) is 9.51. The number of hydrogen-bond donors (Lipinski definition) is 4. The minimum Gasteiger partial charge on any atom is -0.382 e. The van der Waals surface area contributed by atoms with Gasteiger partial charge < -0.3 is 34.5 Å². The summed E-state index contributed by atoms with van der Waals surface area (Å²) in [6, 6.07) is 8.24. The van der Waals surface area contributed by atoms with Gasteiger partial charge in [0.2, 0.25) is 5.91 Å². The van der Waals surface area contributed by atoms with E-state index < -0.39 is 59.2 Å². The zero-order valence-electron chi connectivity index (χ0n) is 28.7. The molecule has 1 aromatic heterocycles. The molecule has 1 spiro atoms. The molecule has 2 bridgehead atoms. The molecule has 0 radical (unpaired) electrons. The summed E-state index contributed by atoms with van der Waals surface area (Å²) in [6.45, 7) is 11.2. The first kappa shape index (κ1) is 34.1. The average molecular weight is 687 g/mol. The van der Waals surface area contributed by atoms with Crippen molar-refractivity contribution in [2.24, 2.45) is 16.7 Å². The molecule has 4 N–H and O–H groups in total. The molecular weight excluding hydrogens is 639 g/mol. The average Bonchev–Trinajstić information content (AvgIpc) is 3.62. The van der Waals surface area contributed by atoms with Crippen molar-refractivity contribution >= 4 is 30.4 Å². The van der Waals surface area contributed by atoms with Gasteiger partial charge in [-0.15, -0.1) is 0 Å². The molecule has 262 valence electrons. The molecule has 8 atom stereocenters. The summed E-state index contributed by atoms with van der Waals surface area (Å²) in [6.07, 6.45) is 2.08. The molecule has 3 fully saturated rings. The highest BCUT2D eigenvalue weighted by Crippen LogP contribution is 2.72. The number of aliphatic hydroxyl groups is 1. The first-order valence-electron chi connectivity index (χ1n) is 16.7. The number of fused-ring (bicyclic) bond motifs is 9. The van der Waals surface area contributed by atoms with Crippen LogP contribution in [-0.2, 0) is 49.2 Å². The molecule has 5 aliphatic rings. The summed E-state index contributed by atoms with van der Waals surface area (Å²) in [5.74, 6) is -1.88. The normalized spacial score (nSPS) is 37.6. The van der Waals surface area contributed by atoms with E-state index in [1.165, 1.54) is 11.6 Å². The minimum absolute atomic E-state index is 0.0799. The number of aromatic amines is 1. The number of benzene rings is 1. The lowest BCUT2D eigenvalue weighted by molar-refractivity contribution is -0.279. The highest BCUT2D eigenvalue weighted by Gasteiger charge is 2.78. The van der Waals surface area contributed by atoms with Crippen LogP contribution < -0.4 is 5.32 Å². The lowest BCUT2D eigenvalue weighted by Gasteiger charge is -2.67. The largest absolute Gasteiger partial charge is 0.471 e. The summed E-state index contributed by atoms with van der Waals surface area (Å²) in [4.78, 5) is 40.2. The van der Waals surface area contributed by atoms with E-state index in [1.807, 2.05) is 26.0 Å². The molecule has 1 aromatic carbocycles. The van der Waals surface area contributed by atoms with Crippen LogP contribution in [0.25, 0.3) is 10.9 Å². The Labute approximate surface area is 280 Å². The highest BCUT2D eigenvalue weighted by atomic mass is 31.2. The van der Waals surface area contributed by atoms with Crippen LogP contribution in [0.2, 0.25) is 0 Å². The van der Waals surface area contributed by atoms with Crippen LogP contribution in [0.5, 0.6) is 0 Å². The van der Waals surface area contributed by atoms with Crippen LogP contribution in [0, 0.1) is 16.7 Å². The number of ether oxygens (including phenoxy) is 3. The molecule has 4 unspecified atom stereocenters. The number of phosphoric acid groups is 1. The van der Waals surface area contributed by atoms with Crippen LogP contribution in [0.15, 0.2) is 35.9 Å². The van der Waals surface area contributed by atoms with Gasteiger partial charge in [-0.3, -0.25) is 18.6 Å². The summed E-state index contributed by atoms with van der Waals surface area (Å²) in [5, 5.41) is 17.4. The van der Waals surface area contributed by atoms with E-state index in [0.717, 1.165) is 30.1 Å². The van der Waals surface area contributed by atoms with E-state index >= 15 is 0 Å². The third-order valence-corrected chi connectivity index (χ3v) is 13.2. The first-order valence-corrected chi connectivity index (χ1v) is 18.2. The number of hydrogen-bond acceptors (Lipinski definition) is 9. The Hall–Kier alpha value is -2.41. The molecule has 13 heteroatoms. The molecular formula is C35H47N2O10P. The number of para-hydroxylation sites is 1. The number of nitrogens with one attached hydrogen (secondary N) is 2. The Morgan fingerprint density at radius 2 is 1.92 bits per heavy atom. The number of ketones is 1. The van der Waals surface area contributed by atoms with E-state index in [1.54, 1.807) is 13.8 Å². The van der Waals surface area contributed by atoms with Crippen LogP contribution in [0.1, 0.15) is 72.1 Å². The van der Waals surface area contributed by atoms with Gasteiger partial charge in [0, 0.05) is 58.5 Å². The second-order valence-electron chi connectivity index (χ2n) is 16.0. The van der Waals surface area contributed by atoms with Crippen molar-refractivity contribution in [3.63, 3.8) is 0 Å². The first-order chi connectivity index (χ1) is 22.3. The lowest BCUT2D eigenvalue weighted by atomic mass is 9.41. The van der Waals surface area contributed by atoms with Crippen LogP contribution in [0.3, 0.4) is 0 Å². The molecule has 1 amide bonds. The van der Waals surface area contributed by atoms with Crippen molar-refractivity contribution in [2.75, 3.05) is 26.9 Å². The number of H-pyrrole nitrogens is 1. The van der Waals surface area contributed by atoms with Crippen molar-refractivity contribution in [2.45, 2.75) is 102 Å². The highest BCUT2D eigenvalue weighted by molar-refractivity contribution is 7.47. The topological polar surface area (TPSA) is 166 Å². The van der Waals surface area contributed by atoms with Crippen LogP contribution in [0.4, 0.5) is 0 Å². The zero-order valence-corrected chi connectivity index (χ0v) is 29.6. The van der Waals surface area contributed by atoms with Crippen LogP contribution in [-0.4, -0.2) is 82.7 Å². The predicted octanol–water partition coefficient (Wildman–Crippen LogP) is 4.22. The van der Waals surface area contributed by atoms with Gasteiger partial charge in [-0.2, -0.15) is 0 Å². The lowest BCUT2D eigenvalue weighted by Crippen LogP contribution is -2.75. The number of carbonyl (C=O) groups excluding carboxylic acids is 2. The standard InChI is InChI=1S/C35H47N2O10P/c1-30(2,19-45-48(41,42)43-7)18-36-27(39)17-44-26-15-20-14-22-21-10-8-9-11-23(21)37-28(22)33(20,6)32(5)12-13-34-25(35(26,32)40)16-24(38)29(46-34)31(3,4)47-34/h8-11,16,20,26,29,37,40H,12-15,17-19H2,1-7H3,(H,36,39)(H,41,42)/t20-,26+,29?,32?,33-,34?,35+/m1/s1. The van der Waals surface area contributed by atoms with E-state index in [4.69, 9.17) is 18.7 Å². The predicted molar refractivity (Wildman–Crippen MR) is 175 cm³/mol. The maximum Gasteiger partial charge on any atom is 0.471 e. The third kappa shape index (κ3) is 4.71. The van der Waals surface area contributed by atoms with Gasteiger partial charge in [-0.1, -0.05) is 45.9 Å². The summed E-state index contributed by atoms with van der Waals surface area (Å²) in [7, 11) is -3.08. The van der Waals surface area contributed by atoms with E-state index in [-0.39, 0.29) is 31.5 Å². The van der Waals surface area contributed by atoms with Gasteiger partial charge in [-0.05, 0) is 56.7 Å². The van der Waals surface area contributed by atoms with Gasteiger partial charge in [-0.25, -0.2) is 4.57 Å². The Kier molecular flexibility index (Phi) is 7.66. The molecule has 2 aliphatic heterocycles. The molecule has 2 aromatic rings. The maximum atomic E-state index is 13.6. The quantitative estimate of drug-likeness (QED) is 0.281. The van der Waals surface area contributed by atoms with E-state index in [0.29, 0.717) is 24.8 Å². The zero-order chi connectivity index (χ0) is 34.7. The van der Waals surface area contributed by atoms with Gasteiger partial charge in [0.25, 0.3) is 0 Å². The fourth-order valence-corrected chi connectivity index (χ4v) is 10.1. The fraction of sp³-hybridized carbons (Fsp3) is 0.657. The number of carbonyl (C=O) groups is 2. The van der Waals surface area contributed by atoms with E-state index in [2.05, 4.69) is 40.8 Å². The second-order valence-corrected chi connectivity index (χ2v) is 17.6. The van der Waals surface area contributed by atoms with Gasteiger partial charge in [0.15, 0.2) is 17.7 Å². The van der Waals surface area contributed by atoms with Crippen molar-refractivity contribution in [1.29, 1.82) is 0 Å². The molecule has 7 rings (SSSR count). The van der Waals surface area contributed by atoms with Gasteiger partial charge in [0.05, 0.1) is 12.7 Å². The van der Waals surface area contributed by atoms with Gasteiger partial charge >= 0.3 is 7.82 Å². The molecule has 48 heavy (non-hydrogen) atoms. The SMILES string of the molecule is COP(=O)(O)OCC(C)(C)CNC(=O)CO[C@H]1C[C@H]2Cc3c([nH]c4ccccc34)[C@]2(C)C2(C)CCC34OC(C(=O)C=C3[C@]12O)C(C)(C)O4. The molecule has 3 aliphatic carbocycles. The minimum atomic E-state index is -4.17. The monoisotopic (exact) mass is 686 g/mol. The Morgan fingerprint density at radius 3 is 2.65 bits per heavy atom. The van der Waals surface area contributed by atoms with Crippen molar-refractivity contribution in [1.82, 2.24) is 10.3 Å². The Balaban J connectivity index is 1.22. The number of rotatable bonds is 9. The van der Waals surface area contributed by atoms with Crippen molar-refractivity contribution in [3.8, 4) is 0 Å². The maximum absolute atomic E-state index is 13.6. The third-order valence-electron chi connectivity index (χ3n) is 12.3. The number of aromatic nitrogens is 1. The van der Waals surface area contributed by atoms with Gasteiger partial charge in [0.1, 0.15) is 17.8 Å². The van der Waals surface area contributed by atoms with E-state index in [9.17, 15) is 24.2 Å². The molecule has 3 heterocycles. The second kappa shape index (κ2) is 10.8. The Morgan fingerprint density at radius 1 is 1.19 bits per heavy atom. The van der Waals surface area contributed by atoms with Crippen molar-refractivity contribution in [3.05, 3.63) is 47.2 Å². The number of phosphoric ester groups is 1. The smallest absolute Gasteiger partial charge is 0.382 e. The summed E-state index contributed by atoms with van der Waals surface area (Å²) >= 11 is 0. The number of amides is 1.